The van der Waals surface area contributed by atoms with E-state index in [1.807, 2.05) is 0 Å². The first-order valence-corrected chi connectivity index (χ1v) is 7.24. The molecule has 2 unspecified atom stereocenters. The average Bonchev–Trinajstić information content (AvgIpc) is 2.89. The molecule has 96 valence electrons. The molecule has 0 saturated carbocycles. The molecule has 1 aliphatic heterocycles. The van der Waals surface area contributed by atoms with Crippen molar-refractivity contribution in [2.24, 2.45) is 0 Å². The van der Waals surface area contributed by atoms with Gasteiger partial charge in [0.1, 0.15) is 0 Å². The highest BCUT2D eigenvalue weighted by Crippen LogP contribution is 2.46. The smallest absolute Gasteiger partial charge is 0.0392 e. The first-order chi connectivity index (χ1) is 9.34. The van der Waals surface area contributed by atoms with Crippen LogP contribution in [0.5, 0.6) is 0 Å². The van der Waals surface area contributed by atoms with Gasteiger partial charge in [-0.3, -0.25) is 0 Å². The van der Waals surface area contributed by atoms with Crippen molar-refractivity contribution in [3.63, 3.8) is 0 Å². The maximum atomic E-state index is 3.77. The molecule has 4 rings (SSSR count). The van der Waals surface area contributed by atoms with Crippen LogP contribution in [0.4, 0.5) is 0 Å². The summed E-state index contributed by atoms with van der Waals surface area (Å²) in [6.07, 6.45) is 2.54. The molecule has 0 saturated heterocycles. The SMILES string of the molecule is Cc1ccc2c3c1CNC(c1ccccc1)C3CC2. The third-order valence-electron chi connectivity index (χ3n) is 4.84. The standard InChI is InChI=1S/C18H19N/c1-12-7-8-13-9-10-15-17(13)16(12)11-19-18(15)14-5-3-2-4-6-14/h2-8,15,18-19H,9-11H2,1H3. The number of aryl methyl sites for hydroxylation is 2. The normalized spacial score (nSPS) is 24.3. The highest BCUT2D eigenvalue weighted by molar-refractivity contribution is 5.49. The van der Waals surface area contributed by atoms with Crippen molar-refractivity contribution in [3.05, 3.63) is 70.3 Å². The first kappa shape index (κ1) is 11.2. The number of rotatable bonds is 1. The summed E-state index contributed by atoms with van der Waals surface area (Å²) < 4.78 is 0. The predicted octanol–water partition coefficient (Wildman–Crippen LogP) is 3.87. The number of hydrogen-bond acceptors (Lipinski definition) is 1. The summed E-state index contributed by atoms with van der Waals surface area (Å²) in [7, 11) is 0. The minimum atomic E-state index is 0.497. The van der Waals surface area contributed by atoms with Crippen LogP contribution >= 0.6 is 0 Å². The van der Waals surface area contributed by atoms with Crippen molar-refractivity contribution >= 4 is 0 Å². The van der Waals surface area contributed by atoms with Crippen molar-refractivity contribution in [2.75, 3.05) is 0 Å². The molecule has 1 aliphatic carbocycles. The van der Waals surface area contributed by atoms with E-state index in [1.54, 1.807) is 16.7 Å². The van der Waals surface area contributed by atoms with Gasteiger partial charge in [-0.2, -0.15) is 0 Å². The fraction of sp³-hybridized carbons (Fsp3) is 0.333. The Morgan fingerprint density at radius 1 is 1.05 bits per heavy atom. The van der Waals surface area contributed by atoms with Crippen LogP contribution in [0.3, 0.4) is 0 Å². The van der Waals surface area contributed by atoms with E-state index in [4.69, 9.17) is 0 Å². The second-order valence-corrected chi connectivity index (χ2v) is 5.85. The van der Waals surface area contributed by atoms with E-state index in [1.165, 1.54) is 24.0 Å². The average molecular weight is 249 g/mol. The highest BCUT2D eigenvalue weighted by atomic mass is 14.9. The molecule has 2 atom stereocenters. The van der Waals surface area contributed by atoms with E-state index < -0.39 is 0 Å². The molecular weight excluding hydrogens is 230 g/mol. The summed E-state index contributed by atoms with van der Waals surface area (Å²) in [4.78, 5) is 0. The summed E-state index contributed by atoms with van der Waals surface area (Å²) in [5, 5.41) is 3.77. The second-order valence-electron chi connectivity index (χ2n) is 5.85. The number of benzene rings is 2. The number of hydrogen-bond donors (Lipinski definition) is 1. The van der Waals surface area contributed by atoms with Gasteiger partial charge < -0.3 is 5.32 Å². The van der Waals surface area contributed by atoms with Crippen LogP contribution in [0.15, 0.2) is 42.5 Å². The molecule has 0 bridgehead atoms. The van der Waals surface area contributed by atoms with E-state index in [0.717, 1.165) is 6.54 Å². The minimum Gasteiger partial charge on any atom is -0.305 e. The zero-order valence-corrected chi connectivity index (χ0v) is 11.3. The van der Waals surface area contributed by atoms with Crippen molar-refractivity contribution in [1.29, 1.82) is 0 Å². The molecule has 19 heavy (non-hydrogen) atoms. The third-order valence-corrected chi connectivity index (χ3v) is 4.84. The van der Waals surface area contributed by atoms with Crippen molar-refractivity contribution in [1.82, 2.24) is 5.32 Å². The second kappa shape index (κ2) is 4.21. The Balaban J connectivity index is 1.82. The number of nitrogens with one attached hydrogen (secondary N) is 1. The maximum Gasteiger partial charge on any atom is 0.0392 e. The molecule has 2 aromatic carbocycles. The summed E-state index contributed by atoms with van der Waals surface area (Å²) in [5.41, 5.74) is 7.70. The minimum absolute atomic E-state index is 0.497. The van der Waals surface area contributed by atoms with Crippen LogP contribution in [0.25, 0.3) is 0 Å². The lowest BCUT2D eigenvalue weighted by Gasteiger charge is -2.33. The Hall–Kier alpha value is -1.60. The molecule has 0 radical (unpaired) electrons. The Labute approximate surface area is 114 Å². The summed E-state index contributed by atoms with van der Waals surface area (Å²) >= 11 is 0. The van der Waals surface area contributed by atoms with Crippen molar-refractivity contribution < 1.29 is 0 Å². The lowest BCUT2D eigenvalue weighted by atomic mass is 9.81. The van der Waals surface area contributed by atoms with Crippen LogP contribution in [-0.2, 0) is 13.0 Å². The Morgan fingerprint density at radius 3 is 2.74 bits per heavy atom. The summed E-state index contributed by atoms with van der Waals surface area (Å²) in [6.45, 7) is 3.26. The van der Waals surface area contributed by atoms with Gasteiger partial charge in [0.15, 0.2) is 0 Å². The third kappa shape index (κ3) is 1.65. The van der Waals surface area contributed by atoms with Gasteiger partial charge in [0.05, 0.1) is 0 Å². The van der Waals surface area contributed by atoms with Gasteiger partial charge in [0.25, 0.3) is 0 Å². The molecule has 1 heterocycles. The van der Waals surface area contributed by atoms with E-state index in [-0.39, 0.29) is 0 Å². The van der Waals surface area contributed by atoms with E-state index in [2.05, 4.69) is 54.7 Å². The Kier molecular flexibility index (Phi) is 2.49. The van der Waals surface area contributed by atoms with E-state index in [0.29, 0.717) is 12.0 Å². The molecule has 0 amide bonds. The van der Waals surface area contributed by atoms with Crippen LogP contribution in [-0.4, -0.2) is 0 Å². The molecule has 2 aliphatic rings. The fourth-order valence-corrected chi connectivity index (χ4v) is 3.89. The molecule has 1 nitrogen and oxygen atoms in total. The lowest BCUT2D eigenvalue weighted by Crippen LogP contribution is -2.31. The van der Waals surface area contributed by atoms with Gasteiger partial charge in [-0.05, 0) is 47.6 Å². The van der Waals surface area contributed by atoms with Gasteiger partial charge in [0, 0.05) is 18.5 Å². The maximum absolute atomic E-state index is 3.77. The molecule has 1 heteroatoms. The Bertz CT molecular complexity index is 615. The van der Waals surface area contributed by atoms with Gasteiger partial charge in [-0.25, -0.2) is 0 Å². The molecular formula is C18H19N. The monoisotopic (exact) mass is 249 g/mol. The van der Waals surface area contributed by atoms with Gasteiger partial charge in [0.2, 0.25) is 0 Å². The molecule has 0 spiro atoms. The Morgan fingerprint density at radius 2 is 1.89 bits per heavy atom. The zero-order valence-electron chi connectivity index (χ0n) is 11.3. The largest absolute Gasteiger partial charge is 0.305 e. The fourth-order valence-electron chi connectivity index (χ4n) is 3.89. The van der Waals surface area contributed by atoms with Gasteiger partial charge in [-0.1, -0.05) is 42.5 Å². The molecule has 1 N–H and O–H groups in total. The van der Waals surface area contributed by atoms with Crippen molar-refractivity contribution in [2.45, 2.75) is 38.3 Å². The highest BCUT2D eigenvalue weighted by Gasteiger charge is 2.36. The first-order valence-electron chi connectivity index (χ1n) is 7.24. The van der Waals surface area contributed by atoms with Crippen LogP contribution in [0, 0.1) is 6.92 Å². The van der Waals surface area contributed by atoms with Crippen molar-refractivity contribution in [3.8, 4) is 0 Å². The molecule has 2 aromatic rings. The quantitative estimate of drug-likeness (QED) is 0.809. The van der Waals surface area contributed by atoms with Crippen LogP contribution in [0.1, 0.15) is 46.2 Å². The van der Waals surface area contributed by atoms with Crippen LogP contribution in [0.2, 0.25) is 0 Å². The summed E-state index contributed by atoms with van der Waals surface area (Å²) in [6, 6.07) is 16.1. The van der Waals surface area contributed by atoms with E-state index >= 15 is 0 Å². The van der Waals surface area contributed by atoms with Gasteiger partial charge >= 0.3 is 0 Å². The predicted molar refractivity (Wildman–Crippen MR) is 78.3 cm³/mol. The van der Waals surface area contributed by atoms with Crippen LogP contribution < -0.4 is 5.32 Å². The lowest BCUT2D eigenvalue weighted by molar-refractivity contribution is 0.413. The topological polar surface area (TPSA) is 12.0 Å². The molecule has 0 fully saturated rings. The zero-order chi connectivity index (χ0) is 12.8. The van der Waals surface area contributed by atoms with Gasteiger partial charge in [-0.15, -0.1) is 0 Å². The summed E-state index contributed by atoms with van der Waals surface area (Å²) in [5.74, 6) is 0.668. The van der Waals surface area contributed by atoms with E-state index in [9.17, 15) is 0 Å². The molecule has 0 aromatic heterocycles.